The zero-order valence-electron chi connectivity index (χ0n) is 10.1. The van der Waals surface area contributed by atoms with Gasteiger partial charge in [0.25, 0.3) is 0 Å². The van der Waals surface area contributed by atoms with Crippen molar-refractivity contribution < 1.29 is 14.7 Å². The zero-order valence-corrected chi connectivity index (χ0v) is 12.5. The minimum atomic E-state index is -1.03. The Labute approximate surface area is 127 Å². The lowest BCUT2D eigenvalue weighted by molar-refractivity contribution is -0.138. The van der Waals surface area contributed by atoms with Crippen LogP contribution in [-0.4, -0.2) is 33.6 Å². The second-order valence-electron chi connectivity index (χ2n) is 3.90. The van der Waals surface area contributed by atoms with Crippen LogP contribution in [0, 0.1) is 0 Å². The first kappa shape index (κ1) is 14.7. The number of nitrogens with one attached hydrogen (secondary N) is 1. The molecule has 8 heteroatoms. The number of carboxylic acids is 1. The maximum absolute atomic E-state index is 11.3. The Morgan fingerprint density at radius 1 is 1.45 bits per heavy atom. The van der Waals surface area contributed by atoms with E-state index in [9.17, 15) is 9.59 Å². The van der Waals surface area contributed by atoms with Gasteiger partial charge in [0.2, 0.25) is 5.91 Å². The third-order valence-corrected chi connectivity index (χ3v) is 3.96. The van der Waals surface area contributed by atoms with E-state index in [0.717, 1.165) is 21.8 Å². The summed E-state index contributed by atoms with van der Waals surface area (Å²) in [5.41, 5.74) is 0.847. The van der Waals surface area contributed by atoms with Crippen LogP contribution in [0.4, 0.5) is 0 Å². The number of amides is 1. The molecule has 0 bridgehead atoms. The molecule has 104 valence electrons. The fraction of sp³-hybridized carbons (Fsp3) is 0.167. The average Bonchev–Trinajstić information content (AvgIpc) is 2.40. The van der Waals surface area contributed by atoms with Gasteiger partial charge in [-0.1, -0.05) is 39.8 Å². The van der Waals surface area contributed by atoms with Crippen molar-refractivity contribution >= 4 is 51.0 Å². The van der Waals surface area contributed by atoms with Crippen molar-refractivity contribution in [3.05, 3.63) is 34.3 Å². The first-order valence-electron chi connectivity index (χ1n) is 5.60. The molecule has 0 aliphatic carbocycles. The van der Waals surface area contributed by atoms with Crippen molar-refractivity contribution in [3.8, 4) is 0 Å². The molecule has 0 radical (unpaired) electrons. The molecule has 1 atom stereocenters. The first-order valence-corrected chi connectivity index (χ1v) is 7.28. The number of hydrogen-bond acceptors (Lipinski definition) is 5. The van der Waals surface area contributed by atoms with Crippen LogP contribution >= 0.6 is 27.7 Å². The third kappa shape index (κ3) is 4.17. The molecule has 0 aromatic heterocycles. The highest BCUT2D eigenvalue weighted by atomic mass is 79.9. The lowest BCUT2D eigenvalue weighted by Gasteiger charge is -2.18. The van der Waals surface area contributed by atoms with E-state index in [0.29, 0.717) is 0 Å². The number of carbonyl (C=O) groups excluding carboxylic acids is 1. The van der Waals surface area contributed by atoms with Crippen LogP contribution < -0.4 is 5.32 Å². The van der Waals surface area contributed by atoms with Gasteiger partial charge in [0.05, 0.1) is 6.21 Å². The number of carbonyl (C=O) groups is 2. The SMILES string of the molecule is O=C1C[C@@H](C(=O)O)S/C(=N/N=C\c2ccc(Br)cc2)N1. The molecule has 0 unspecified atom stereocenters. The summed E-state index contributed by atoms with van der Waals surface area (Å²) in [6.45, 7) is 0. The van der Waals surface area contributed by atoms with Gasteiger partial charge < -0.3 is 10.4 Å². The number of thioether (sulfide) groups is 1. The predicted octanol–water partition coefficient (Wildman–Crippen LogP) is 1.85. The summed E-state index contributed by atoms with van der Waals surface area (Å²) in [4.78, 5) is 22.2. The maximum Gasteiger partial charge on any atom is 0.317 e. The highest BCUT2D eigenvalue weighted by molar-refractivity contribution is 9.10. The Morgan fingerprint density at radius 2 is 2.15 bits per heavy atom. The number of benzene rings is 1. The van der Waals surface area contributed by atoms with Gasteiger partial charge in [-0.15, -0.1) is 5.10 Å². The second kappa shape index (κ2) is 6.67. The van der Waals surface area contributed by atoms with Gasteiger partial charge in [0.1, 0.15) is 5.25 Å². The number of nitrogens with zero attached hydrogens (tertiary/aromatic N) is 2. The van der Waals surface area contributed by atoms with Gasteiger partial charge in [-0.2, -0.15) is 5.10 Å². The number of amidine groups is 1. The predicted molar refractivity (Wildman–Crippen MR) is 80.9 cm³/mol. The minimum absolute atomic E-state index is 0.0601. The summed E-state index contributed by atoms with van der Waals surface area (Å²) in [5, 5.41) is 18.4. The van der Waals surface area contributed by atoms with Gasteiger partial charge in [0, 0.05) is 10.9 Å². The van der Waals surface area contributed by atoms with E-state index in [4.69, 9.17) is 5.11 Å². The van der Waals surface area contributed by atoms with Crippen molar-refractivity contribution in [1.29, 1.82) is 0 Å². The number of carboxylic acid groups (broad SMARTS) is 1. The largest absolute Gasteiger partial charge is 0.480 e. The van der Waals surface area contributed by atoms with E-state index in [1.54, 1.807) is 0 Å². The summed E-state index contributed by atoms with van der Waals surface area (Å²) < 4.78 is 0.959. The second-order valence-corrected chi connectivity index (χ2v) is 6.01. The molecule has 20 heavy (non-hydrogen) atoms. The zero-order chi connectivity index (χ0) is 14.5. The summed E-state index contributed by atoms with van der Waals surface area (Å²) >= 11 is 4.30. The maximum atomic E-state index is 11.3. The molecular weight excluding hydrogens is 346 g/mol. The monoisotopic (exact) mass is 355 g/mol. The normalized spacial score (nSPS) is 21.1. The van der Waals surface area contributed by atoms with Crippen LogP contribution in [0.25, 0.3) is 0 Å². The molecule has 1 saturated heterocycles. The van der Waals surface area contributed by atoms with Crippen LogP contribution in [0.2, 0.25) is 0 Å². The highest BCUT2D eigenvalue weighted by Crippen LogP contribution is 2.20. The Balaban J connectivity index is 2.04. The number of hydrogen-bond donors (Lipinski definition) is 2. The van der Waals surface area contributed by atoms with Crippen molar-refractivity contribution in [2.24, 2.45) is 10.2 Å². The Kier molecular flexibility index (Phi) is 4.91. The van der Waals surface area contributed by atoms with Crippen molar-refractivity contribution in [3.63, 3.8) is 0 Å². The van der Waals surface area contributed by atoms with E-state index in [1.165, 1.54) is 6.21 Å². The molecular formula is C12H10BrN3O3S. The fourth-order valence-corrected chi connectivity index (χ4v) is 2.56. The summed E-state index contributed by atoms with van der Waals surface area (Å²) in [7, 11) is 0. The topological polar surface area (TPSA) is 91.1 Å². The van der Waals surface area contributed by atoms with E-state index < -0.39 is 11.2 Å². The van der Waals surface area contributed by atoms with Crippen LogP contribution in [0.5, 0.6) is 0 Å². The Bertz CT molecular complexity index is 586. The standard InChI is InChI=1S/C12H10BrN3O3S/c13-8-3-1-7(2-4-8)6-14-16-12-15-10(17)5-9(20-12)11(18)19/h1-4,6,9H,5H2,(H,18,19)(H,15,16,17)/b14-6-/t9-/m0/s1. The lowest BCUT2D eigenvalue weighted by atomic mass is 10.2. The Hall–Kier alpha value is -1.67. The molecule has 2 rings (SSSR count). The van der Waals surface area contributed by atoms with E-state index in [-0.39, 0.29) is 17.5 Å². The molecule has 1 amide bonds. The summed E-state index contributed by atoms with van der Waals surface area (Å²) in [5.74, 6) is -1.40. The minimum Gasteiger partial charge on any atom is -0.480 e. The van der Waals surface area contributed by atoms with Gasteiger partial charge in [-0.25, -0.2) is 0 Å². The van der Waals surface area contributed by atoms with E-state index >= 15 is 0 Å². The first-order chi connectivity index (χ1) is 9.54. The molecule has 1 aliphatic heterocycles. The van der Waals surface area contributed by atoms with Crippen LogP contribution in [0.1, 0.15) is 12.0 Å². The van der Waals surface area contributed by atoms with E-state index in [2.05, 4.69) is 31.4 Å². The van der Waals surface area contributed by atoms with E-state index in [1.807, 2.05) is 24.3 Å². The molecule has 2 N–H and O–H groups in total. The van der Waals surface area contributed by atoms with Crippen molar-refractivity contribution in [1.82, 2.24) is 5.32 Å². The summed E-state index contributed by atoms with van der Waals surface area (Å²) in [6, 6.07) is 7.43. The molecule has 0 spiro atoms. The van der Waals surface area contributed by atoms with Gasteiger partial charge in [-0.3, -0.25) is 9.59 Å². The fourth-order valence-electron chi connectivity index (χ4n) is 1.43. The lowest BCUT2D eigenvalue weighted by Crippen LogP contribution is -2.40. The summed E-state index contributed by atoms with van der Waals surface area (Å²) in [6.07, 6.45) is 1.46. The molecule has 1 aromatic carbocycles. The smallest absolute Gasteiger partial charge is 0.317 e. The number of halogens is 1. The van der Waals surface area contributed by atoms with Crippen molar-refractivity contribution in [2.45, 2.75) is 11.7 Å². The van der Waals surface area contributed by atoms with Crippen LogP contribution in [0.15, 0.2) is 38.9 Å². The number of rotatable bonds is 3. The van der Waals surface area contributed by atoms with Crippen LogP contribution in [-0.2, 0) is 9.59 Å². The molecule has 0 saturated carbocycles. The molecule has 1 aliphatic rings. The van der Waals surface area contributed by atoms with Crippen LogP contribution in [0.3, 0.4) is 0 Å². The van der Waals surface area contributed by atoms with Gasteiger partial charge in [0.15, 0.2) is 5.17 Å². The highest BCUT2D eigenvalue weighted by Gasteiger charge is 2.29. The number of aliphatic carboxylic acids is 1. The molecule has 1 aromatic rings. The molecule has 1 heterocycles. The Morgan fingerprint density at radius 3 is 2.80 bits per heavy atom. The third-order valence-electron chi connectivity index (χ3n) is 2.37. The van der Waals surface area contributed by atoms with Gasteiger partial charge in [-0.05, 0) is 17.7 Å². The average molecular weight is 356 g/mol. The molecule has 1 fully saturated rings. The van der Waals surface area contributed by atoms with Crippen molar-refractivity contribution in [2.75, 3.05) is 0 Å². The quantitative estimate of drug-likeness (QED) is 0.639. The molecule has 6 nitrogen and oxygen atoms in total. The van der Waals surface area contributed by atoms with Gasteiger partial charge >= 0.3 is 5.97 Å².